The van der Waals surface area contributed by atoms with Crippen LogP contribution in [0.5, 0.6) is 11.6 Å². The molecule has 0 radical (unpaired) electrons. The van der Waals surface area contributed by atoms with Crippen molar-refractivity contribution in [3.05, 3.63) is 53.9 Å². The minimum Gasteiger partial charge on any atom is -0.478 e. The highest BCUT2D eigenvalue weighted by Crippen LogP contribution is 2.23. The van der Waals surface area contributed by atoms with Gasteiger partial charge < -0.3 is 9.84 Å². The minimum atomic E-state index is -0.995. The molecule has 0 saturated heterocycles. The molecular formula is C14H11N3O3. The van der Waals surface area contributed by atoms with Crippen molar-refractivity contribution >= 4 is 11.6 Å². The van der Waals surface area contributed by atoms with Gasteiger partial charge in [0.1, 0.15) is 12.1 Å². The Labute approximate surface area is 114 Å². The third-order valence-corrected chi connectivity index (χ3v) is 2.79. The molecular weight excluding hydrogens is 258 g/mol. The molecule has 100 valence electrons. The number of ether oxygens (including phenoxy) is 1. The maximum absolute atomic E-state index is 10.9. The van der Waals surface area contributed by atoms with E-state index in [1.807, 2.05) is 19.1 Å². The summed E-state index contributed by atoms with van der Waals surface area (Å²) in [6.07, 6.45) is 1.44. The molecule has 0 aliphatic rings. The average molecular weight is 269 g/mol. The van der Waals surface area contributed by atoms with Gasteiger partial charge in [0.2, 0.25) is 5.88 Å². The molecule has 0 saturated carbocycles. The van der Waals surface area contributed by atoms with Gasteiger partial charge in [0.15, 0.2) is 5.65 Å². The summed E-state index contributed by atoms with van der Waals surface area (Å²) in [5, 5.41) is 13.1. The van der Waals surface area contributed by atoms with Crippen LogP contribution in [-0.4, -0.2) is 25.7 Å². The van der Waals surface area contributed by atoms with Gasteiger partial charge >= 0.3 is 5.97 Å². The van der Waals surface area contributed by atoms with Gasteiger partial charge in [-0.1, -0.05) is 6.07 Å². The maximum Gasteiger partial charge on any atom is 0.335 e. The summed E-state index contributed by atoms with van der Waals surface area (Å²) in [4.78, 5) is 15.1. The number of pyridine rings is 1. The van der Waals surface area contributed by atoms with Crippen molar-refractivity contribution in [3.63, 3.8) is 0 Å². The normalized spacial score (nSPS) is 10.7. The molecule has 3 aromatic rings. The van der Waals surface area contributed by atoms with Crippen molar-refractivity contribution in [1.82, 2.24) is 14.6 Å². The molecule has 1 N–H and O–H groups in total. The number of aromatic carboxylic acids is 1. The Morgan fingerprint density at radius 3 is 2.95 bits per heavy atom. The predicted molar refractivity (Wildman–Crippen MR) is 71.2 cm³/mol. The first-order valence-corrected chi connectivity index (χ1v) is 5.95. The summed E-state index contributed by atoms with van der Waals surface area (Å²) in [5.74, 6) is -0.0714. The van der Waals surface area contributed by atoms with Gasteiger partial charge in [-0.2, -0.15) is 9.61 Å². The van der Waals surface area contributed by atoms with Crippen molar-refractivity contribution in [3.8, 4) is 11.6 Å². The molecule has 2 aromatic heterocycles. The van der Waals surface area contributed by atoms with E-state index in [0.717, 1.165) is 5.56 Å². The second kappa shape index (κ2) is 4.65. The van der Waals surface area contributed by atoms with E-state index >= 15 is 0 Å². The second-order valence-corrected chi connectivity index (χ2v) is 4.34. The van der Waals surface area contributed by atoms with Crippen molar-refractivity contribution in [1.29, 1.82) is 0 Å². The lowest BCUT2D eigenvalue weighted by Crippen LogP contribution is -1.99. The largest absolute Gasteiger partial charge is 0.478 e. The molecule has 20 heavy (non-hydrogen) atoms. The van der Waals surface area contributed by atoms with Gasteiger partial charge in [-0.3, -0.25) is 0 Å². The zero-order chi connectivity index (χ0) is 14.1. The van der Waals surface area contributed by atoms with Gasteiger partial charge in [-0.25, -0.2) is 9.78 Å². The van der Waals surface area contributed by atoms with Gasteiger partial charge in [-0.15, -0.1) is 0 Å². The molecule has 2 heterocycles. The number of hydrogen-bond donors (Lipinski definition) is 1. The van der Waals surface area contributed by atoms with Gasteiger partial charge in [-0.05, 0) is 36.8 Å². The van der Waals surface area contributed by atoms with E-state index in [1.165, 1.54) is 18.5 Å². The Hall–Kier alpha value is -2.89. The van der Waals surface area contributed by atoms with Crippen molar-refractivity contribution in [2.24, 2.45) is 0 Å². The Morgan fingerprint density at radius 1 is 1.30 bits per heavy atom. The standard InChI is InChI=1S/C14H11N3O3/c1-9-5-12-15-8-16-17(12)13(6-9)20-11-4-2-3-10(7-11)14(18)19/h2-8H,1H3,(H,18,19). The molecule has 0 spiro atoms. The summed E-state index contributed by atoms with van der Waals surface area (Å²) in [5.41, 5.74) is 1.83. The fourth-order valence-electron chi connectivity index (χ4n) is 1.91. The number of benzene rings is 1. The second-order valence-electron chi connectivity index (χ2n) is 4.34. The lowest BCUT2D eigenvalue weighted by molar-refractivity contribution is 0.0696. The molecule has 1 aromatic carbocycles. The van der Waals surface area contributed by atoms with E-state index in [1.54, 1.807) is 16.6 Å². The summed E-state index contributed by atoms with van der Waals surface area (Å²) in [6.45, 7) is 1.93. The van der Waals surface area contributed by atoms with Crippen molar-refractivity contribution in [2.75, 3.05) is 0 Å². The summed E-state index contributed by atoms with van der Waals surface area (Å²) in [6, 6.07) is 10.00. The molecule has 0 atom stereocenters. The van der Waals surface area contributed by atoms with Crippen LogP contribution >= 0.6 is 0 Å². The highest BCUT2D eigenvalue weighted by atomic mass is 16.5. The highest BCUT2D eigenvalue weighted by Gasteiger charge is 2.08. The van der Waals surface area contributed by atoms with Crippen LogP contribution in [0.2, 0.25) is 0 Å². The number of aryl methyl sites for hydroxylation is 1. The first kappa shape index (κ1) is 12.2. The van der Waals surface area contributed by atoms with Gasteiger partial charge in [0.05, 0.1) is 5.56 Å². The van der Waals surface area contributed by atoms with Crippen LogP contribution in [0.3, 0.4) is 0 Å². The van der Waals surface area contributed by atoms with E-state index in [4.69, 9.17) is 9.84 Å². The molecule has 0 unspecified atom stereocenters. The topological polar surface area (TPSA) is 76.7 Å². The third kappa shape index (κ3) is 2.18. The molecule has 0 aliphatic heterocycles. The molecule has 0 amide bonds. The molecule has 0 fully saturated rings. The Bertz CT molecular complexity index is 795. The SMILES string of the molecule is Cc1cc(Oc2cccc(C(=O)O)c2)n2ncnc2c1. The smallest absolute Gasteiger partial charge is 0.335 e. The fourth-order valence-corrected chi connectivity index (χ4v) is 1.91. The number of nitrogens with zero attached hydrogens (tertiary/aromatic N) is 3. The maximum atomic E-state index is 10.9. The third-order valence-electron chi connectivity index (χ3n) is 2.79. The zero-order valence-electron chi connectivity index (χ0n) is 10.6. The number of aromatic nitrogens is 3. The number of carboxylic acid groups (broad SMARTS) is 1. The first-order valence-electron chi connectivity index (χ1n) is 5.95. The van der Waals surface area contributed by atoms with Crippen LogP contribution < -0.4 is 4.74 Å². The van der Waals surface area contributed by atoms with Crippen LogP contribution in [0.25, 0.3) is 5.65 Å². The van der Waals surface area contributed by atoms with E-state index in [-0.39, 0.29) is 5.56 Å². The molecule has 6 heteroatoms. The van der Waals surface area contributed by atoms with Crippen LogP contribution in [0.1, 0.15) is 15.9 Å². The van der Waals surface area contributed by atoms with E-state index in [0.29, 0.717) is 17.3 Å². The average Bonchev–Trinajstić information content (AvgIpc) is 2.87. The van der Waals surface area contributed by atoms with Crippen LogP contribution in [-0.2, 0) is 0 Å². The van der Waals surface area contributed by atoms with Crippen molar-refractivity contribution in [2.45, 2.75) is 6.92 Å². The summed E-state index contributed by atoms with van der Waals surface area (Å²) >= 11 is 0. The predicted octanol–water partition coefficient (Wildman–Crippen LogP) is 2.53. The number of carboxylic acids is 1. The van der Waals surface area contributed by atoms with E-state index in [2.05, 4.69) is 10.1 Å². The number of carbonyl (C=O) groups is 1. The Balaban J connectivity index is 2.02. The zero-order valence-corrected chi connectivity index (χ0v) is 10.6. The van der Waals surface area contributed by atoms with Gasteiger partial charge in [0.25, 0.3) is 0 Å². The van der Waals surface area contributed by atoms with Crippen LogP contribution in [0, 0.1) is 6.92 Å². The molecule has 6 nitrogen and oxygen atoms in total. The molecule has 0 aliphatic carbocycles. The Morgan fingerprint density at radius 2 is 2.15 bits per heavy atom. The minimum absolute atomic E-state index is 0.171. The first-order chi connectivity index (χ1) is 9.63. The number of hydrogen-bond acceptors (Lipinski definition) is 4. The van der Waals surface area contributed by atoms with E-state index in [9.17, 15) is 4.79 Å². The quantitative estimate of drug-likeness (QED) is 0.790. The Kier molecular flexibility index (Phi) is 2.83. The lowest BCUT2D eigenvalue weighted by atomic mass is 10.2. The molecule has 3 rings (SSSR count). The fraction of sp³-hybridized carbons (Fsp3) is 0.0714. The summed E-state index contributed by atoms with van der Waals surface area (Å²) < 4.78 is 7.27. The van der Waals surface area contributed by atoms with Crippen molar-refractivity contribution < 1.29 is 14.6 Å². The van der Waals surface area contributed by atoms with E-state index < -0.39 is 5.97 Å². The lowest BCUT2D eigenvalue weighted by Gasteiger charge is -2.08. The molecule has 0 bridgehead atoms. The summed E-state index contributed by atoms with van der Waals surface area (Å²) in [7, 11) is 0. The van der Waals surface area contributed by atoms with Crippen LogP contribution in [0.4, 0.5) is 0 Å². The van der Waals surface area contributed by atoms with Gasteiger partial charge in [0, 0.05) is 6.07 Å². The highest BCUT2D eigenvalue weighted by molar-refractivity contribution is 5.88. The number of rotatable bonds is 3. The number of fused-ring (bicyclic) bond motifs is 1. The van der Waals surface area contributed by atoms with Crippen LogP contribution in [0.15, 0.2) is 42.7 Å². The monoisotopic (exact) mass is 269 g/mol.